The molecule has 0 atom stereocenters. The van der Waals surface area contributed by atoms with E-state index in [1.165, 1.54) is 17.9 Å². The number of rotatable bonds is 2. The molecule has 0 aliphatic carbocycles. The minimum atomic E-state index is 0.160. The van der Waals surface area contributed by atoms with Gasteiger partial charge in [0.1, 0.15) is 5.65 Å². The van der Waals surface area contributed by atoms with E-state index >= 15 is 0 Å². The molecule has 4 nitrogen and oxygen atoms in total. The quantitative estimate of drug-likeness (QED) is 0.325. The summed E-state index contributed by atoms with van der Waals surface area (Å²) in [5.74, 6) is 0.160. The molecule has 0 unspecified atom stereocenters. The highest BCUT2D eigenvalue weighted by molar-refractivity contribution is 6.23. The molecule has 0 fully saturated rings. The van der Waals surface area contributed by atoms with Crippen LogP contribution in [0.25, 0.3) is 43.8 Å². The van der Waals surface area contributed by atoms with Gasteiger partial charge in [-0.05, 0) is 46.2 Å². The molecule has 0 amide bonds. The van der Waals surface area contributed by atoms with E-state index in [0.29, 0.717) is 0 Å². The van der Waals surface area contributed by atoms with Gasteiger partial charge >= 0.3 is 0 Å². The molecule has 130 valence electrons. The number of hydrogen-bond acceptors (Lipinski definition) is 3. The zero-order chi connectivity index (χ0) is 18.4. The number of aromatic nitrogens is 2. The summed E-state index contributed by atoms with van der Waals surface area (Å²) in [7, 11) is 1.53. The van der Waals surface area contributed by atoms with Crippen LogP contribution in [0.1, 0.15) is 5.56 Å². The zero-order valence-corrected chi connectivity index (χ0v) is 14.8. The number of pyridine rings is 1. The Morgan fingerprint density at radius 3 is 2.48 bits per heavy atom. The van der Waals surface area contributed by atoms with Gasteiger partial charge < -0.3 is 9.72 Å². The van der Waals surface area contributed by atoms with E-state index in [4.69, 9.17) is 10.1 Å². The lowest BCUT2D eigenvalue weighted by Gasteiger charge is -2.13. The van der Waals surface area contributed by atoms with Crippen LogP contribution in [-0.2, 0) is 4.74 Å². The lowest BCUT2D eigenvalue weighted by Crippen LogP contribution is -2.03. The van der Waals surface area contributed by atoms with Gasteiger partial charge in [-0.2, -0.15) is 0 Å². The molecule has 5 rings (SSSR count). The van der Waals surface area contributed by atoms with Crippen molar-refractivity contribution in [2.24, 2.45) is 0 Å². The van der Waals surface area contributed by atoms with Crippen molar-refractivity contribution in [2.75, 3.05) is 7.11 Å². The highest BCUT2D eigenvalue weighted by atomic mass is 16.5. The van der Waals surface area contributed by atoms with E-state index in [1.807, 2.05) is 30.3 Å². The molecule has 5 aromatic rings. The van der Waals surface area contributed by atoms with E-state index < -0.39 is 0 Å². The Morgan fingerprint density at radius 2 is 1.63 bits per heavy atom. The van der Waals surface area contributed by atoms with E-state index in [0.717, 1.165) is 38.6 Å². The molecule has 2 aromatic heterocycles. The van der Waals surface area contributed by atoms with Crippen LogP contribution in [-0.4, -0.2) is 23.0 Å². The van der Waals surface area contributed by atoms with E-state index in [1.54, 1.807) is 6.20 Å². The van der Waals surface area contributed by atoms with Crippen LogP contribution in [0.3, 0.4) is 0 Å². The zero-order valence-electron chi connectivity index (χ0n) is 14.8. The average Bonchev–Trinajstić information content (AvgIpc) is 3.11. The topological polar surface area (TPSA) is 61.8 Å². The first-order valence-corrected chi connectivity index (χ1v) is 8.78. The second-order valence-corrected chi connectivity index (χ2v) is 6.50. The summed E-state index contributed by atoms with van der Waals surface area (Å²) in [6.45, 7) is 0. The van der Waals surface area contributed by atoms with Gasteiger partial charge in [0.2, 0.25) is 5.90 Å². The van der Waals surface area contributed by atoms with Crippen LogP contribution in [0.15, 0.2) is 72.9 Å². The molecular formula is C23H17N3O. The van der Waals surface area contributed by atoms with E-state index in [2.05, 4.69) is 46.4 Å². The standard InChI is InChI=1S/C23H17N3O/c1-27-22(24)17-10-5-3-8-15(17)19-13-20-21(16-9-4-2-7-14(16)19)18-11-6-12-25-23(18)26-20/h2-13,24H,1H3,(H,25,26). The summed E-state index contributed by atoms with van der Waals surface area (Å²) in [5.41, 5.74) is 4.75. The maximum atomic E-state index is 8.19. The lowest BCUT2D eigenvalue weighted by atomic mass is 9.92. The minimum absolute atomic E-state index is 0.160. The molecule has 27 heavy (non-hydrogen) atoms. The highest BCUT2D eigenvalue weighted by Gasteiger charge is 2.16. The summed E-state index contributed by atoms with van der Waals surface area (Å²) in [6.07, 6.45) is 1.80. The van der Waals surface area contributed by atoms with Crippen molar-refractivity contribution >= 4 is 38.6 Å². The second kappa shape index (κ2) is 5.95. The predicted molar refractivity (Wildman–Crippen MR) is 110 cm³/mol. The van der Waals surface area contributed by atoms with Crippen LogP contribution in [0, 0.1) is 5.41 Å². The average molecular weight is 351 g/mol. The van der Waals surface area contributed by atoms with Crippen LogP contribution in [0.5, 0.6) is 0 Å². The molecule has 2 N–H and O–H groups in total. The molecular weight excluding hydrogens is 334 g/mol. The fourth-order valence-electron chi connectivity index (χ4n) is 3.85. The third-order valence-electron chi connectivity index (χ3n) is 5.04. The second-order valence-electron chi connectivity index (χ2n) is 6.50. The summed E-state index contributed by atoms with van der Waals surface area (Å²) in [4.78, 5) is 7.92. The van der Waals surface area contributed by atoms with Crippen molar-refractivity contribution in [3.8, 4) is 11.1 Å². The Kier molecular flexibility index (Phi) is 3.44. The van der Waals surface area contributed by atoms with Gasteiger partial charge in [-0.1, -0.05) is 42.5 Å². The monoisotopic (exact) mass is 351 g/mol. The van der Waals surface area contributed by atoms with Crippen molar-refractivity contribution in [3.63, 3.8) is 0 Å². The van der Waals surface area contributed by atoms with Crippen molar-refractivity contribution in [2.45, 2.75) is 0 Å². The molecule has 2 heterocycles. The molecule has 0 aliphatic rings. The Labute approximate surface area is 155 Å². The van der Waals surface area contributed by atoms with Crippen LogP contribution in [0.4, 0.5) is 0 Å². The van der Waals surface area contributed by atoms with Crippen molar-refractivity contribution in [1.29, 1.82) is 5.41 Å². The van der Waals surface area contributed by atoms with Crippen molar-refractivity contribution in [3.05, 3.63) is 78.5 Å². The third-order valence-corrected chi connectivity index (χ3v) is 5.04. The smallest absolute Gasteiger partial charge is 0.213 e. The Balaban J connectivity index is 1.94. The minimum Gasteiger partial charge on any atom is -0.481 e. The number of nitrogens with one attached hydrogen (secondary N) is 2. The third kappa shape index (κ3) is 2.30. The Hall–Kier alpha value is -3.66. The van der Waals surface area contributed by atoms with Crippen molar-refractivity contribution in [1.82, 2.24) is 9.97 Å². The number of hydrogen-bond donors (Lipinski definition) is 2. The molecule has 0 radical (unpaired) electrons. The maximum absolute atomic E-state index is 8.19. The van der Waals surface area contributed by atoms with Gasteiger partial charge in [0.05, 0.1) is 7.11 Å². The molecule has 0 saturated heterocycles. The fraction of sp³-hybridized carbons (Fsp3) is 0.0435. The first-order chi connectivity index (χ1) is 13.3. The Bertz CT molecular complexity index is 1330. The van der Waals surface area contributed by atoms with Gasteiger partial charge in [-0.15, -0.1) is 0 Å². The molecule has 0 saturated carbocycles. The first-order valence-electron chi connectivity index (χ1n) is 8.78. The number of benzene rings is 3. The summed E-state index contributed by atoms with van der Waals surface area (Å²) in [5, 5.41) is 12.8. The number of H-pyrrole nitrogens is 1. The van der Waals surface area contributed by atoms with Gasteiger partial charge in [0.15, 0.2) is 0 Å². The van der Waals surface area contributed by atoms with Gasteiger partial charge in [0.25, 0.3) is 0 Å². The molecule has 3 aromatic carbocycles. The predicted octanol–water partition coefficient (Wildman–Crippen LogP) is 5.51. The maximum Gasteiger partial charge on any atom is 0.213 e. The van der Waals surface area contributed by atoms with Crippen LogP contribution in [0.2, 0.25) is 0 Å². The molecule has 0 spiro atoms. The van der Waals surface area contributed by atoms with Gasteiger partial charge in [-0.25, -0.2) is 4.98 Å². The fourth-order valence-corrected chi connectivity index (χ4v) is 3.85. The largest absolute Gasteiger partial charge is 0.481 e. The number of aromatic amines is 1. The van der Waals surface area contributed by atoms with E-state index in [-0.39, 0.29) is 5.90 Å². The molecule has 0 aliphatic heterocycles. The van der Waals surface area contributed by atoms with E-state index in [9.17, 15) is 0 Å². The number of fused-ring (bicyclic) bond motifs is 5. The molecule has 4 heteroatoms. The number of nitrogens with zero attached hydrogens (tertiary/aromatic N) is 1. The lowest BCUT2D eigenvalue weighted by molar-refractivity contribution is 0.401. The summed E-state index contributed by atoms with van der Waals surface area (Å²) in [6, 6.07) is 22.5. The SMILES string of the molecule is COC(=N)c1ccccc1-c1cc2[nH]c3ncccc3c2c2ccccc12. The number of ether oxygens (including phenoxy) is 1. The van der Waals surface area contributed by atoms with Gasteiger partial charge in [0, 0.05) is 28.0 Å². The van der Waals surface area contributed by atoms with Crippen LogP contribution >= 0.6 is 0 Å². The molecule has 0 bridgehead atoms. The highest BCUT2D eigenvalue weighted by Crippen LogP contribution is 2.38. The normalized spacial score (nSPS) is 11.3. The Morgan fingerprint density at radius 1 is 0.889 bits per heavy atom. The van der Waals surface area contributed by atoms with Crippen molar-refractivity contribution < 1.29 is 4.74 Å². The summed E-state index contributed by atoms with van der Waals surface area (Å²) >= 11 is 0. The van der Waals surface area contributed by atoms with Crippen LogP contribution < -0.4 is 0 Å². The number of methoxy groups -OCH3 is 1. The van der Waals surface area contributed by atoms with Gasteiger partial charge in [-0.3, -0.25) is 5.41 Å². The summed E-state index contributed by atoms with van der Waals surface area (Å²) < 4.78 is 5.21. The first kappa shape index (κ1) is 15.6.